The Labute approximate surface area is 147 Å². The largest absolute Gasteiger partial charge is 0.356 e. The maximum Gasteiger partial charge on any atom is 0.227 e. The molecule has 0 aliphatic carbocycles. The number of halogens is 1. The molecule has 126 valence electrons. The molecule has 2 fully saturated rings. The Hall–Kier alpha value is -2.08. The third kappa shape index (κ3) is 3.24. The molecule has 0 radical (unpaired) electrons. The minimum atomic E-state index is 0.671. The van der Waals surface area contributed by atoms with Crippen molar-refractivity contribution in [3.63, 3.8) is 0 Å². The van der Waals surface area contributed by atoms with E-state index in [9.17, 15) is 0 Å². The average molecular weight is 345 g/mol. The van der Waals surface area contributed by atoms with E-state index in [4.69, 9.17) is 16.6 Å². The van der Waals surface area contributed by atoms with Gasteiger partial charge in [-0.15, -0.1) is 0 Å². The summed E-state index contributed by atoms with van der Waals surface area (Å²) >= 11 is 5.91. The summed E-state index contributed by atoms with van der Waals surface area (Å²) in [5.74, 6) is 2.87. The SMILES string of the molecule is Clc1ccc(N2CCN(c3nccc(N4CCCC4)n3)CC2)nc1. The second-order valence-electron chi connectivity index (χ2n) is 6.22. The van der Waals surface area contributed by atoms with Crippen molar-refractivity contribution in [3.8, 4) is 0 Å². The molecule has 0 atom stereocenters. The number of nitrogens with zero attached hydrogens (tertiary/aromatic N) is 6. The van der Waals surface area contributed by atoms with E-state index in [1.807, 2.05) is 24.4 Å². The minimum Gasteiger partial charge on any atom is -0.356 e. The minimum absolute atomic E-state index is 0.671. The van der Waals surface area contributed by atoms with E-state index in [0.29, 0.717) is 5.02 Å². The van der Waals surface area contributed by atoms with Crippen molar-refractivity contribution in [2.24, 2.45) is 0 Å². The van der Waals surface area contributed by atoms with Gasteiger partial charge < -0.3 is 14.7 Å². The number of piperazine rings is 1. The molecule has 2 aromatic rings. The summed E-state index contributed by atoms with van der Waals surface area (Å²) in [5.41, 5.74) is 0. The van der Waals surface area contributed by atoms with Crippen LogP contribution in [0.3, 0.4) is 0 Å². The van der Waals surface area contributed by atoms with Gasteiger partial charge in [-0.1, -0.05) is 11.6 Å². The van der Waals surface area contributed by atoms with E-state index in [1.165, 1.54) is 12.8 Å². The highest BCUT2D eigenvalue weighted by Gasteiger charge is 2.21. The van der Waals surface area contributed by atoms with E-state index < -0.39 is 0 Å². The molecule has 2 aromatic heterocycles. The predicted octanol–water partition coefficient (Wildman–Crippen LogP) is 2.45. The maximum atomic E-state index is 5.91. The first kappa shape index (κ1) is 15.4. The van der Waals surface area contributed by atoms with Gasteiger partial charge >= 0.3 is 0 Å². The summed E-state index contributed by atoms with van der Waals surface area (Å²) in [6.45, 7) is 5.82. The Kier molecular flexibility index (Phi) is 4.38. The molecule has 2 saturated heterocycles. The van der Waals surface area contributed by atoms with Crippen molar-refractivity contribution in [1.29, 1.82) is 0 Å². The van der Waals surface area contributed by atoms with Gasteiger partial charge in [-0.3, -0.25) is 0 Å². The van der Waals surface area contributed by atoms with Crippen LogP contribution < -0.4 is 14.7 Å². The van der Waals surface area contributed by atoms with Crippen molar-refractivity contribution < 1.29 is 0 Å². The molecule has 0 aromatic carbocycles. The zero-order valence-corrected chi connectivity index (χ0v) is 14.4. The quantitative estimate of drug-likeness (QED) is 0.852. The molecule has 0 spiro atoms. The Balaban J connectivity index is 1.42. The van der Waals surface area contributed by atoms with Crippen molar-refractivity contribution in [2.45, 2.75) is 12.8 Å². The first-order chi connectivity index (χ1) is 11.8. The summed E-state index contributed by atoms with van der Waals surface area (Å²) in [6, 6.07) is 5.88. The molecule has 4 rings (SSSR count). The smallest absolute Gasteiger partial charge is 0.227 e. The Morgan fingerprint density at radius 1 is 0.750 bits per heavy atom. The van der Waals surface area contributed by atoms with Gasteiger partial charge in [0.15, 0.2) is 0 Å². The number of anilines is 3. The monoisotopic (exact) mass is 344 g/mol. The lowest BCUT2D eigenvalue weighted by molar-refractivity contribution is 0.634. The van der Waals surface area contributed by atoms with Crippen LogP contribution in [0.5, 0.6) is 0 Å². The number of rotatable bonds is 3. The van der Waals surface area contributed by atoms with Crippen LogP contribution in [-0.4, -0.2) is 54.2 Å². The van der Waals surface area contributed by atoms with Crippen LogP contribution in [0.15, 0.2) is 30.6 Å². The molecule has 0 amide bonds. The molecule has 2 aliphatic heterocycles. The molecule has 0 N–H and O–H groups in total. The first-order valence-corrected chi connectivity index (χ1v) is 8.87. The summed E-state index contributed by atoms with van der Waals surface area (Å²) in [5, 5.41) is 0.671. The zero-order chi connectivity index (χ0) is 16.4. The average Bonchev–Trinajstić information content (AvgIpc) is 3.17. The summed E-state index contributed by atoms with van der Waals surface area (Å²) in [7, 11) is 0. The van der Waals surface area contributed by atoms with E-state index in [0.717, 1.165) is 56.9 Å². The fourth-order valence-electron chi connectivity index (χ4n) is 3.30. The number of pyridine rings is 1. The third-order valence-electron chi connectivity index (χ3n) is 4.66. The van der Waals surface area contributed by atoms with Gasteiger partial charge in [-0.2, -0.15) is 4.98 Å². The third-order valence-corrected chi connectivity index (χ3v) is 4.88. The normalized spacial score (nSPS) is 18.3. The van der Waals surface area contributed by atoms with Gasteiger partial charge in [-0.05, 0) is 31.0 Å². The fraction of sp³-hybridized carbons (Fsp3) is 0.471. The van der Waals surface area contributed by atoms with Crippen LogP contribution >= 0.6 is 11.6 Å². The lowest BCUT2D eigenvalue weighted by atomic mass is 10.3. The highest BCUT2D eigenvalue weighted by molar-refractivity contribution is 6.30. The van der Waals surface area contributed by atoms with Crippen LogP contribution in [0.1, 0.15) is 12.8 Å². The van der Waals surface area contributed by atoms with E-state index in [1.54, 1.807) is 6.20 Å². The van der Waals surface area contributed by atoms with Gasteiger partial charge in [0.1, 0.15) is 11.6 Å². The molecule has 0 saturated carbocycles. The van der Waals surface area contributed by atoms with Crippen LogP contribution in [0.2, 0.25) is 5.02 Å². The van der Waals surface area contributed by atoms with Crippen molar-refractivity contribution in [1.82, 2.24) is 15.0 Å². The van der Waals surface area contributed by atoms with E-state index in [-0.39, 0.29) is 0 Å². The zero-order valence-electron chi connectivity index (χ0n) is 13.6. The lowest BCUT2D eigenvalue weighted by Gasteiger charge is -2.35. The van der Waals surface area contributed by atoms with Crippen LogP contribution in [0, 0.1) is 0 Å². The van der Waals surface area contributed by atoms with Gasteiger partial charge in [-0.25, -0.2) is 9.97 Å². The summed E-state index contributed by atoms with van der Waals surface area (Å²) in [6.07, 6.45) is 6.09. The predicted molar refractivity (Wildman–Crippen MR) is 97.2 cm³/mol. The highest BCUT2D eigenvalue weighted by Crippen LogP contribution is 2.21. The number of hydrogen-bond donors (Lipinski definition) is 0. The van der Waals surface area contributed by atoms with Gasteiger partial charge in [0.2, 0.25) is 5.95 Å². The fourth-order valence-corrected chi connectivity index (χ4v) is 3.42. The molecule has 4 heterocycles. The van der Waals surface area contributed by atoms with Gasteiger partial charge in [0, 0.05) is 51.7 Å². The molecule has 2 aliphatic rings. The van der Waals surface area contributed by atoms with Crippen LogP contribution in [-0.2, 0) is 0 Å². The van der Waals surface area contributed by atoms with Crippen molar-refractivity contribution in [3.05, 3.63) is 35.6 Å². The summed E-state index contributed by atoms with van der Waals surface area (Å²) in [4.78, 5) is 20.5. The van der Waals surface area contributed by atoms with Gasteiger partial charge in [0.05, 0.1) is 5.02 Å². The molecular formula is C17H21ClN6. The molecule has 0 bridgehead atoms. The van der Waals surface area contributed by atoms with Crippen LogP contribution in [0.4, 0.5) is 17.6 Å². The van der Waals surface area contributed by atoms with Crippen molar-refractivity contribution >= 4 is 29.2 Å². The Morgan fingerprint density at radius 2 is 1.46 bits per heavy atom. The Morgan fingerprint density at radius 3 is 2.17 bits per heavy atom. The Bertz CT molecular complexity index is 678. The standard InChI is InChI=1S/C17H21ClN6/c18-14-3-4-15(20-13-14)23-9-11-24(12-10-23)17-19-6-5-16(21-17)22-7-1-2-8-22/h3-6,13H,1-2,7-12H2. The molecule has 7 heteroatoms. The van der Waals surface area contributed by atoms with Crippen LogP contribution in [0.25, 0.3) is 0 Å². The van der Waals surface area contributed by atoms with Crippen molar-refractivity contribution in [2.75, 3.05) is 54.0 Å². The van der Waals surface area contributed by atoms with E-state index in [2.05, 4.69) is 24.7 Å². The maximum absolute atomic E-state index is 5.91. The lowest BCUT2D eigenvalue weighted by Crippen LogP contribution is -2.47. The second kappa shape index (κ2) is 6.81. The molecule has 0 unspecified atom stereocenters. The number of hydrogen-bond acceptors (Lipinski definition) is 6. The van der Waals surface area contributed by atoms with Gasteiger partial charge in [0.25, 0.3) is 0 Å². The summed E-state index contributed by atoms with van der Waals surface area (Å²) < 4.78 is 0. The van der Waals surface area contributed by atoms with E-state index >= 15 is 0 Å². The number of aromatic nitrogens is 3. The topological polar surface area (TPSA) is 48.4 Å². The molecule has 6 nitrogen and oxygen atoms in total. The first-order valence-electron chi connectivity index (χ1n) is 8.49. The molecule has 24 heavy (non-hydrogen) atoms. The highest BCUT2D eigenvalue weighted by atomic mass is 35.5. The molecular weight excluding hydrogens is 324 g/mol. The second-order valence-corrected chi connectivity index (χ2v) is 6.65.